The number of aryl methyl sites for hydroxylation is 1. The number of aromatic nitrogens is 2. The van der Waals surface area contributed by atoms with Crippen LogP contribution in [-0.2, 0) is 0 Å². The van der Waals surface area contributed by atoms with Crippen molar-refractivity contribution in [2.24, 2.45) is 0 Å². The Morgan fingerprint density at radius 3 is 2.75 bits per heavy atom. The Bertz CT molecular complexity index is 971. The smallest absolute Gasteiger partial charge is 0.275 e. The number of furan rings is 1. The lowest BCUT2D eigenvalue weighted by molar-refractivity contribution is 0.602. The average Bonchev–Trinajstić information content (AvgIpc) is 3.05. The molecule has 0 spiro atoms. The molecule has 4 nitrogen and oxygen atoms in total. The molecule has 3 heterocycles. The lowest BCUT2D eigenvalue weighted by Gasteiger charge is -2.02. The predicted molar refractivity (Wildman–Crippen MR) is 78.0 cm³/mol. The summed E-state index contributed by atoms with van der Waals surface area (Å²) in [6.45, 7) is 2.05. The highest BCUT2D eigenvalue weighted by Gasteiger charge is 2.13. The van der Waals surface area contributed by atoms with Crippen LogP contribution in [0.4, 0.5) is 0 Å². The van der Waals surface area contributed by atoms with Crippen LogP contribution < -0.4 is 5.56 Å². The first kappa shape index (κ1) is 11.1. The third kappa shape index (κ3) is 1.45. The summed E-state index contributed by atoms with van der Waals surface area (Å²) in [4.78, 5) is 14.7. The summed E-state index contributed by atoms with van der Waals surface area (Å²) in [6.07, 6.45) is 3.56. The molecule has 1 aromatic carbocycles. The predicted octanol–water partition coefficient (Wildman–Crippen LogP) is 3.35. The van der Waals surface area contributed by atoms with E-state index in [0.717, 1.165) is 16.6 Å². The van der Waals surface area contributed by atoms with E-state index in [1.54, 1.807) is 12.3 Å². The van der Waals surface area contributed by atoms with Gasteiger partial charge in [0.05, 0.1) is 0 Å². The fourth-order valence-electron chi connectivity index (χ4n) is 2.55. The van der Waals surface area contributed by atoms with Crippen molar-refractivity contribution < 1.29 is 4.42 Å². The van der Waals surface area contributed by atoms with Gasteiger partial charge in [0.1, 0.15) is 17.3 Å². The van der Waals surface area contributed by atoms with Gasteiger partial charge in [-0.15, -0.1) is 0 Å². The summed E-state index contributed by atoms with van der Waals surface area (Å²) in [6, 6.07) is 11.9. The lowest BCUT2D eigenvalue weighted by Crippen LogP contribution is -2.08. The zero-order chi connectivity index (χ0) is 13.7. The van der Waals surface area contributed by atoms with Gasteiger partial charge in [0, 0.05) is 11.8 Å². The van der Waals surface area contributed by atoms with Gasteiger partial charge in [0.15, 0.2) is 0 Å². The number of fused-ring (bicyclic) bond motifs is 3. The molecule has 4 rings (SSSR count). The fraction of sp³-hybridized carbons (Fsp3) is 0.0625. The number of hydrogen-bond acceptors (Lipinski definition) is 2. The third-order valence-corrected chi connectivity index (χ3v) is 3.58. The van der Waals surface area contributed by atoms with Gasteiger partial charge in [0.25, 0.3) is 5.56 Å². The van der Waals surface area contributed by atoms with E-state index in [-0.39, 0.29) is 5.56 Å². The Morgan fingerprint density at radius 2 is 1.95 bits per heavy atom. The van der Waals surface area contributed by atoms with Gasteiger partial charge in [-0.05, 0) is 24.6 Å². The van der Waals surface area contributed by atoms with Crippen LogP contribution in [0, 0.1) is 6.92 Å². The standard InChI is InChI=1S/C16H12N2O2/c1-10-4-6-11(7-5-10)12-9-20-16-14(12)18-8-2-3-13(18)15(19)17-16/h2-9H,1H3,(H,17,19). The van der Waals surface area contributed by atoms with Crippen LogP contribution in [0.2, 0.25) is 0 Å². The minimum absolute atomic E-state index is 0.146. The number of hydrogen-bond donors (Lipinski definition) is 1. The molecule has 0 bridgehead atoms. The number of rotatable bonds is 1. The minimum atomic E-state index is -0.146. The second kappa shape index (κ2) is 3.87. The third-order valence-electron chi connectivity index (χ3n) is 3.58. The van der Waals surface area contributed by atoms with E-state index in [1.165, 1.54) is 5.56 Å². The second-order valence-electron chi connectivity index (χ2n) is 4.91. The highest BCUT2D eigenvalue weighted by molar-refractivity contribution is 5.90. The van der Waals surface area contributed by atoms with Crippen LogP contribution in [0.25, 0.3) is 27.9 Å². The van der Waals surface area contributed by atoms with Crippen molar-refractivity contribution in [3.05, 3.63) is 64.8 Å². The van der Waals surface area contributed by atoms with Crippen molar-refractivity contribution in [1.29, 1.82) is 0 Å². The Balaban J connectivity index is 2.13. The molecule has 0 aliphatic carbocycles. The molecule has 3 aromatic heterocycles. The molecule has 20 heavy (non-hydrogen) atoms. The van der Waals surface area contributed by atoms with E-state index >= 15 is 0 Å². The molecule has 0 saturated carbocycles. The Morgan fingerprint density at radius 1 is 1.15 bits per heavy atom. The van der Waals surface area contributed by atoms with Crippen molar-refractivity contribution in [3.8, 4) is 11.1 Å². The Hall–Kier alpha value is -2.75. The van der Waals surface area contributed by atoms with E-state index in [0.29, 0.717) is 11.2 Å². The van der Waals surface area contributed by atoms with E-state index in [9.17, 15) is 4.79 Å². The molecular weight excluding hydrogens is 252 g/mol. The molecule has 4 aromatic rings. The molecule has 0 atom stereocenters. The van der Waals surface area contributed by atoms with Crippen LogP contribution >= 0.6 is 0 Å². The van der Waals surface area contributed by atoms with Gasteiger partial charge in [-0.3, -0.25) is 9.78 Å². The number of benzene rings is 1. The highest BCUT2D eigenvalue weighted by atomic mass is 16.3. The molecule has 4 heteroatoms. The maximum Gasteiger partial charge on any atom is 0.275 e. The van der Waals surface area contributed by atoms with Gasteiger partial charge in [-0.2, -0.15) is 0 Å². The largest absolute Gasteiger partial charge is 0.446 e. The molecular formula is C16H12N2O2. The molecule has 0 fully saturated rings. The Labute approximate surface area is 114 Å². The number of nitrogens with one attached hydrogen (secondary N) is 1. The lowest BCUT2D eigenvalue weighted by atomic mass is 10.1. The maximum absolute atomic E-state index is 11.9. The number of nitrogens with zero attached hydrogens (tertiary/aromatic N) is 1. The van der Waals surface area contributed by atoms with Crippen LogP contribution in [0.1, 0.15) is 5.56 Å². The molecule has 0 aliphatic rings. The molecule has 1 N–H and O–H groups in total. The quantitative estimate of drug-likeness (QED) is 0.573. The van der Waals surface area contributed by atoms with Gasteiger partial charge >= 0.3 is 0 Å². The van der Waals surface area contributed by atoms with Crippen molar-refractivity contribution in [1.82, 2.24) is 9.38 Å². The summed E-state index contributed by atoms with van der Waals surface area (Å²) in [7, 11) is 0. The number of H-pyrrole nitrogens is 1. The first-order chi connectivity index (χ1) is 9.74. The van der Waals surface area contributed by atoms with Gasteiger partial charge in [-0.25, -0.2) is 0 Å². The molecule has 98 valence electrons. The fourth-order valence-corrected chi connectivity index (χ4v) is 2.55. The van der Waals surface area contributed by atoms with Gasteiger partial charge in [-0.1, -0.05) is 29.8 Å². The zero-order valence-corrected chi connectivity index (χ0v) is 10.9. The van der Waals surface area contributed by atoms with Crippen molar-refractivity contribution in [2.75, 3.05) is 0 Å². The van der Waals surface area contributed by atoms with E-state index < -0.39 is 0 Å². The average molecular weight is 264 g/mol. The van der Waals surface area contributed by atoms with E-state index in [2.05, 4.69) is 36.2 Å². The van der Waals surface area contributed by atoms with E-state index in [4.69, 9.17) is 4.42 Å². The molecule has 0 aliphatic heterocycles. The monoisotopic (exact) mass is 264 g/mol. The first-order valence-corrected chi connectivity index (χ1v) is 6.41. The molecule has 0 amide bonds. The first-order valence-electron chi connectivity index (χ1n) is 6.41. The van der Waals surface area contributed by atoms with Crippen molar-refractivity contribution in [2.45, 2.75) is 6.92 Å². The summed E-state index contributed by atoms with van der Waals surface area (Å²) in [5, 5.41) is 0. The topological polar surface area (TPSA) is 50.4 Å². The van der Waals surface area contributed by atoms with E-state index in [1.807, 2.05) is 16.7 Å². The SMILES string of the molecule is Cc1ccc(-c2coc3[nH]c(=O)c4cccn4c23)cc1. The maximum atomic E-state index is 11.9. The second-order valence-corrected chi connectivity index (χ2v) is 4.91. The van der Waals surface area contributed by atoms with Gasteiger partial charge < -0.3 is 8.82 Å². The minimum Gasteiger partial charge on any atom is -0.446 e. The van der Waals surface area contributed by atoms with Crippen LogP contribution in [0.15, 0.2) is 58.1 Å². The zero-order valence-electron chi connectivity index (χ0n) is 10.9. The molecule has 0 unspecified atom stereocenters. The van der Waals surface area contributed by atoms with Crippen molar-refractivity contribution >= 4 is 16.7 Å². The van der Waals surface area contributed by atoms with Crippen molar-refractivity contribution in [3.63, 3.8) is 0 Å². The van der Waals surface area contributed by atoms with Crippen LogP contribution in [0.3, 0.4) is 0 Å². The Kier molecular flexibility index (Phi) is 2.15. The van der Waals surface area contributed by atoms with Crippen LogP contribution in [-0.4, -0.2) is 9.38 Å². The summed E-state index contributed by atoms with van der Waals surface area (Å²) in [5.41, 5.74) is 5.09. The van der Waals surface area contributed by atoms with Gasteiger partial charge in [0.2, 0.25) is 5.71 Å². The molecule has 0 radical (unpaired) electrons. The normalized spacial score (nSPS) is 11.4. The number of aromatic amines is 1. The summed E-state index contributed by atoms with van der Waals surface area (Å²) >= 11 is 0. The van der Waals surface area contributed by atoms with Crippen LogP contribution in [0.5, 0.6) is 0 Å². The molecule has 0 saturated heterocycles. The highest BCUT2D eigenvalue weighted by Crippen LogP contribution is 2.29. The summed E-state index contributed by atoms with van der Waals surface area (Å²) in [5.74, 6) is 0. The summed E-state index contributed by atoms with van der Waals surface area (Å²) < 4.78 is 7.38.